The van der Waals surface area contributed by atoms with Crippen molar-refractivity contribution in [1.29, 1.82) is 0 Å². The second-order valence-electron chi connectivity index (χ2n) is 9.48. The summed E-state index contributed by atoms with van der Waals surface area (Å²) in [6.07, 6.45) is 0. The molecular weight excluding hydrogens is 412 g/mol. The molecule has 34 heavy (non-hydrogen) atoms. The highest BCUT2D eigenvalue weighted by molar-refractivity contribution is 5.87. The van der Waals surface area contributed by atoms with Crippen molar-refractivity contribution < 1.29 is 0 Å². The fourth-order valence-electron chi connectivity index (χ4n) is 5.65. The Kier molecular flexibility index (Phi) is 5.31. The molecule has 0 bridgehead atoms. The first kappa shape index (κ1) is 20.9. The summed E-state index contributed by atoms with van der Waals surface area (Å²) in [6.45, 7) is 6.56. The SMILES string of the molecule is C[C@H](c1cccc2ccccc12)N1Cc2ccccc2N([C@@H](C)c2cccc3ccccc23)C1. The number of hydrogen-bond acceptors (Lipinski definition) is 2. The lowest BCUT2D eigenvalue weighted by atomic mass is 9.95. The molecular formula is C32H30N2. The average molecular weight is 443 g/mol. The van der Waals surface area contributed by atoms with Crippen LogP contribution in [0.5, 0.6) is 0 Å². The summed E-state index contributed by atoms with van der Waals surface area (Å²) in [5.41, 5.74) is 5.53. The number of para-hydroxylation sites is 1. The summed E-state index contributed by atoms with van der Waals surface area (Å²) in [5.74, 6) is 0. The summed E-state index contributed by atoms with van der Waals surface area (Å²) in [4.78, 5) is 5.20. The van der Waals surface area contributed by atoms with Gasteiger partial charge >= 0.3 is 0 Å². The van der Waals surface area contributed by atoms with Crippen LogP contribution in [0.15, 0.2) is 109 Å². The maximum absolute atomic E-state index is 2.62. The fourth-order valence-corrected chi connectivity index (χ4v) is 5.65. The summed E-state index contributed by atoms with van der Waals surface area (Å²) < 4.78 is 0. The van der Waals surface area contributed by atoms with Crippen LogP contribution in [0.1, 0.15) is 42.6 Å². The Hall–Kier alpha value is -3.62. The molecule has 0 saturated heterocycles. The fraction of sp³-hybridized carbons (Fsp3) is 0.188. The van der Waals surface area contributed by atoms with Crippen LogP contribution >= 0.6 is 0 Å². The van der Waals surface area contributed by atoms with Crippen LogP contribution in [-0.2, 0) is 6.54 Å². The van der Waals surface area contributed by atoms with Crippen LogP contribution in [0.25, 0.3) is 21.5 Å². The normalized spacial score (nSPS) is 15.9. The quantitative estimate of drug-likeness (QED) is 0.277. The van der Waals surface area contributed by atoms with Crippen LogP contribution in [0.4, 0.5) is 5.69 Å². The molecule has 0 amide bonds. The molecule has 0 unspecified atom stereocenters. The third-order valence-electron chi connectivity index (χ3n) is 7.57. The molecule has 5 aromatic rings. The largest absolute Gasteiger partial charge is 0.351 e. The molecule has 0 saturated carbocycles. The molecule has 0 radical (unpaired) electrons. The monoisotopic (exact) mass is 442 g/mol. The minimum Gasteiger partial charge on any atom is -0.351 e. The average Bonchev–Trinajstić information content (AvgIpc) is 2.91. The maximum atomic E-state index is 2.62. The molecule has 1 heterocycles. The highest BCUT2D eigenvalue weighted by Gasteiger charge is 2.30. The Morgan fingerprint density at radius 2 is 1.09 bits per heavy atom. The summed E-state index contributed by atoms with van der Waals surface area (Å²) in [5, 5.41) is 5.31. The van der Waals surface area contributed by atoms with Gasteiger partial charge in [-0.25, -0.2) is 0 Å². The zero-order valence-electron chi connectivity index (χ0n) is 19.9. The predicted molar refractivity (Wildman–Crippen MR) is 144 cm³/mol. The van der Waals surface area contributed by atoms with Crippen molar-refractivity contribution in [2.75, 3.05) is 11.6 Å². The van der Waals surface area contributed by atoms with E-state index in [2.05, 4.69) is 133 Å². The minimum absolute atomic E-state index is 0.259. The first-order valence-electron chi connectivity index (χ1n) is 12.2. The van der Waals surface area contributed by atoms with E-state index in [1.807, 2.05) is 0 Å². The second-order valence-corrected chi connectivity index (χ2v) is 9.48. The van der Waals surface area contributed by atoms with Crippen LogP contribution in [0.2, 0.25) is 0 Å². The molecule has 0 N–H and O–H groups in total. The predicted octanol–water partition coefficient (Wildman–Crippen LogP) is 8.09. The lowest BCUT2D eigenvalue weighted by Crippen LogP contribution is -2.44. The highest BCUT2D eigenvalue weighted by Crippen LogP contribution is 2.39. The summed E-state index contributed by atoms with van der Waals surface area (Å²) >= 11 is 0. The molecule has 0 spiro atoms. The Morgan fingerprint density at radius 1 is 0.559 bits per heavy atom. The van der Waals surface area contributed by atoms with Crippen LogP contribution < -0.4 is 4.90 Å². The molecule has 0 aliphatic carbocycles. The van der Waals surface area contributed by atoms with Gasteiger partial charge < -0.3 is 4.90 Å². The van der Waals surface area contributed by atoms with Gasteiger partial charge in [-0.2, -0.15) is 0 Å². The van der Waals surface area contributed by atoms with Gasteiger partial charge in [0.25, 0.3) is 0 Å². The van der Waals surface area contributed by atoms with Crippen molar-refractivity contribution >= 4 is 27.2 Å². The van der Waals surface area contributed by atoms with Gasteiger partial charge in [0, 0.05) is 18.3 Å². The Bertz CT molecular complexity index is 1460. The molecule has 2 heteroatoms. The summed E-state index contributed by atoms with van der Waals surface area (Å²) in [6, 6.07) is 40.4. The van der Waals surface area contributed by atoms with Crippen molar-refractivity contribution in [1.82, 2.24) is 4.90 Å². The van der Waals surface area contributed by atoms with E-state index in [9.17, 15) is 0 Å². The molecule has 6 rings (SSSR count). The number of fused-ring (bicyclic) bond motifs is 3. The molecule has 1 aliphatic rings. The molecule has 1 aliphatic heterocycles. The number of anilines is 1. The van der Waals surface area contributed by atoms with Crippen molar-refractivity contribution in [2.24, 2.45) is 0 Å². The second kappa shape index (κ2) is 8.62. The van der Waals surface area contributed by atoms with E-state index in [4.69, 9.17) is 0 Å². The lowest BCUT2D eigenvalue weighted by Gasteiger charge is -2.44. The Labute approximate surface area is 202 Å². The smallest absolute Gasteiger partial charge is 0.0721 e. The molecule has 5 aromatic carbocycles. The van der Waals surface area contributed by atoms with E-state index >= 15 is 0 Å². The van der Waals surface area contributed by atoms with E-state index in [1.54, 1.807) is 0 Å². The van der Waals surface area contributed by atoms with Crippen molar-refractivity contribution in [3.8, 4) is 0 Å². The van der Waals surface area contributed by atoms with Gasteiger partial charge in [0.2, 0.25) is 0 Å². The number of rotatable bonds is 4. The standard InChI is InChI=1S/C32H30N2/c1-23(28-18-9-14-25-11-3-6-16-30(25)28)33-21-27-13-5-8-20-32(27)34(22-33)24(2)29-19-10-15-26-12-4-7-17-31(26)29/h3-20,23-24H,21-22H2,1-2H3/t23-,24+/m1/s1. The van der Waals surface area contributed by atoms with Gasteiger partial charge in [0.1, 0.15) is 0 Å². The zero-order valence-corrected chi connectivity index (χ0v) is 19.9. The van der Waals surface area contributed by atoms with E-state index in [0.29, 0.717) is 6.04 Å². The lowest BCUT2D eigenvalue weighted by molar-refractivity contribution is 0.186. The van der Waals surface area contributed by atoms with Crippen molar-refractivity contribution in [3.05, 3.63) is 126 Å². The van der Waals surface area contributed by atoms with Gasteiger partial charge in [-0.1, -0.05) is 103 Å². The summed E-state index contributed by atoms with van der Waals surface area (Å²) in [7, 11) is 0. The van der Waals surface area contributed by atoms with Gasteiger partial charge in [-0.15, -0.1) is 0 Å². The van der Waals surface area contributed by atoms with E-state index < -0.39 is 0 Å². The Morgan fingerprint density at radius 3 is 1.76 bits per heavy atom. The zero-order chi connectivity index (χ0) is 23.1. The van der Waals surface area contributed by atoms with Crippen LogP contribution in [-0.4, -0.2) is 11.6 Å². The molecule has 2 nitrogen and oxygen atoms in total. The van der Waals surface area contributed by atoms with Crippen LogP contribution in [0, 0.1) is 0 Å². The number of nitrogens with zero attached hydrogens (tertiary/aromatic N) is 2. The number of hydrogen-bond donors (Lipinski definition) is 0. The van der Waals surface area contributed by atoms with Gasteiger partial charge in [-0.3, -0.25) is 4.90 Å². The van der Waals surface area contributed by atoms with Crippen LogP contribution in [0.3, 0.4) is 0 Å². The topological polar surface area (TPSA) is 6.48 Å². The van der Waals surface area contributed by atoms with Crippen molar-refractivity contribution in [3.63, 3.8) is 0 Å². The minimum atomic E-state index is 0.259. The third kappa shape index (κ3) is 3.55. The molecule has 0 aromatic heterocycles. The molecule has 168 valence electrons. The van der Waals surface area contributed by atoms with E-state index in [1.165, 1.54) is 43.9 Å². The number of benzene rings is 5. The van der Waals surface area contributed by atoms with E-state index in [0.717, 1.165) is 13.2 Å². The van der Waals surface area contributed by atoms with Crippen molar-refractivity contribution in [2.45, 2.75) is 32.5 Å². The molecule has 2 atom stereocenters. The Balaban J connectivity index is 1.41. The van der Waals surface area contributed by atoms with Gasteiger partial charge in [0.05, 0.1) is 12.7 Å². The molecule has 0 fully saturated rings. The first-order valence-corrected chi connectivity index (χ1v) is 12.2. The maximum Gasteiger partial charge on any atom is 0.0721 e. The first-order chi connectivity index (χ1) is 16.7. The van der Waals surface area contributed by atoms with E-state index in [-0.39, 0.29) is 6.04 Å². The van der Waals surface area contributed by atoms with Gasteiger partial charge in [0.15, 0.2) is 0 Å². The third-order valence-corrected chi connectivity index (χ3v) is 7.57. The highest BCUT2D eigenvalue weighted by atomic mass is 15.4. The van der Waals surface area contributed by atoms with Gasteiger partial charge in [-0.05, 0) is 58.1 Å².